The number of ether oxygens (including phenoxy) is 4. The summed E-state index contributed by atoms with van der Waals surface area (Å²) in [7, 11) is 0. The first-order valence-corrected chi connectivity index (χ1v) is 9.07. The van der Waals surface area contributed by atoms with E-state index in [9.17, 15) is 18.0 Å². The second-order valence-corrected chi connectivity index (χ2v) is 6.48. The summed E-state index contributed by atoms with van der Waals surface area (Å²) in [5, 5.41) is 0. The molecule has 0 N–H and O–H groups in total. The lowest BCUT2D eigenvalue weighted by atomic mass is 10.2. The van der Waals surface area contributed by atoms with E-state index in [1.807, 2.05) is 0 Å². The number of hydrogen-bond donors (Lipinski definition) is 0. The summed E-state index contributed by atoms with van der Waals surface area (Å²) in [6.07, 6.45) is -2.77. The molecule has 2 heterocycles. The fraction of sp³-hybridized carbons (Fsp3) is 0.400. The lowest BCUT2D eigenvalue weighted by Gasteiger charge is -2.16. The molecule has 1 aromatic heterocycles. The molecule has 6 nitrogen and oxygen atoms in total. The second kappa shape index (κ2) is 9.13. The van der Waals surface area contributed by atoms with Gasteiger partial charge in [-0.1, -0.05) is 0 Å². The minimum atomic E-state index is -4.45. The number of pyridine rings is 1. The van der Waals surface area contributed by atoms with Crippen LogP contribution in [0.3, 0.4) is 0 Å². The summed E-state index contributed by atoms with van der Waals surface area (Å²) < 4.78 is 59.2. The molecular formula is C20H20F3NO5. The van der Waals surface area contributed by atoms with Crippen LogP contribution in [0.25, 0.3) is 0 Å². The Labute approximate surface area is 165 Å². The standard InChI is InChI=1S/C20H20F3NO5/c1-13(19(25)27-12-17-3-2-10-26-17)28-15-5-7-16(8-6-15)29-18-9-4-14(11-24-18)20(21,22)23/h4-9,11,13,17H,2-3,10,12H2,1H3. The van der Waals surface area contributed by atoms with E-state index in [1.54, 1.807) is 31.2 Å². The number of halogens is 3. The monoisotopic (exact) mass is 411 g/mol. The van der Waals surface area contributed by atoms with E-state index in [0.29, 0.717) is 24.3 Å². The van der Waals surface area contributed by atoms with Crippen molar-refractivity contribution in [3.8, 4) is 17.4 Å². The van der Waals surface area contributed by atoms with Gasteiger partial charge in [0.05, 0.1) is 11.7 Å². The zero-order valence-electron chi connectivity index (χ0n) is 15.6. The van der Waals surface area contributed by atoms with E-state index >= 15 is 0 Å². The Balaban J connectivity index is 1.49. The molecule has 9 heteroatoms. The highest BCUT2D eigenvalue weighted by molar-refractivity contribution is 5.74. The Bertz CT molecular complexity index is 802. The van der Waals surface area contributed by atoms with Gasteiger partial charge in [0, 0.05) is 18.9 Å². The molecule has 29 heavy (non-hydrogen) atoms. The lowest BCUT2D eigenvalue weighted by molar-refractivity contribution is -0.154. The first-order valence-electron chi connectivity index (χ1n) is 9.07. The van der Waals surface area contributed by atoms with Crippen molar-refractivity contribution in [2.24, 2.45) is 0 Å². The number of hydrogen-bond acceptors (Lipinski definition) is 6. The molecule has 1 fully saturated rings. The smallest absolute Gasteiger partial charge is 0.417 e. The van der Waals surface area contributed by atoms with Crippen LogP contribution in [0.5, 0.6) is 17.4 Å². The molecule has 3 rings (SSSR count). The summed E-state index contributed by atoms with van der Waals surface area (Å²) >= 11 is 0. The van der Waals surface area contributed by atoms with E-state index in [-0.39, 0.29) is 18.6 Å². The zero-order chi connectivity index (χ0) is 20.9. The van der Waals surface area contributed by atoms with Crippen LogP contribution in [0.2, 0.25) is 0 Å². The van der Waals surface area contributed by atoms with Gasteiger partial charge in [-0.25, -0.2) is 9.78 Å². The number of carbonyl (C=O) groups is 1. The van der Waals surface area contributed by atoms with Gasteiger partial charge in [0.2, 0.25) is 5.88 Å². The molecule has 1 saturated heterocycles. The van der Waals surface area contributed by atoms with Crippen LogP contribution in [0.15, 0.2) is 42.6 Å². The van der Waals surface area contributed by atoms with E-state index in [2.05, 4.69) is 4.98 Å². The summed E-state index contributed by atoms with van der Waals surface area (Å²) in [6, 6.07) is 8.29. The van der Waals surface area contributed by atoms with Gasteiger partial charge in [-0.2, -0.15) is 13.2 Å². The van der Waals surface area contributed by atoms with E-state index in [0.717, 1.165) is 25.0 Å². The van der Waals surface area contributed by atoms with Crippen molar-refractivity contribution in [1.82, 2.24) is 4.98 Å². The van der Waals surface area contributed by atoms with Gasteiger partial charge in [-0.05, 0) is 50.1 Å². The molecule has 0 saturated carbocycles. The molecule has 2 unspecified atom stereocenters. The van der Waals surface area contributed by atoms with Gasteiger partial charge >= 0.3 is 12.1 Å². The topological polar surface area (TPSA) is 66.9 Å². The predicted octanol–water partition coefficient (Wildman–Crippen LogP) is 4.38. The van der Waals surface area contributed by atoms with E-state index in [1.165, 1.54) is 0 Å². The Morgan fingerprint density at radius 2 is 1.93 bits per heavy atom. The van der Waals surface area contributed by atoms with Crippen LogP contribution in [-0.2, 0) is 20.4 Å². The molecule has 0 radical (unpaired) electrons. The van der Waals surface area contributed by atoms with Crippen LogP contribution in [0, 0.1) is 0 Å². The van der Waals surface area contributed by atoms with Gasteiger partial charge in [0.15, 0.2) is 6.10 Å². The third kappa shape index (κ3) is 6.08. The van der Waals surface area contributed by atoms with Crippen molar-refractivity contribution < 1.29 is 36.9 Å². The fourth-order valence-electron chi connectivity index (χ4n) is 2.64. The molecular weight excluding hydrogens is 391 g/mol. The highest BCUT2D eigenvalue weighted by Gasteiger charge is 2.30. The van der Waals surface area contributed by atoms with E-state index in [4.69, 9.17) is 18.9 Å². The maximum atomic E-state index is 12.5. The SMILES string of the molecule is CC(Oc1ccc(Oc2ccc(C(F)(F)F)cn2)cc1)C(=O)OCC1CCCO1. The van der Waals surface area contributed by atoms with Crippen molar-refractivity contribution in [2.45, 2.75) is 38.1 Å². The maximum Gasteiger partial charge on any atom is 0.417 e. The van der Waals surface area contributed by atoms with Crippen molar-refractivity contribution in [2.75, 3.05) is 13.2 Å². The largest absolute Gasteiger partial charge is 0.479 e. The molecule has 0 bridgehead atoms. The molecule has 2 aromatic rings. The van der Waals surface area contributed by atoms with Gasteiger partial charge in [0.1, 0.15) is 18.1 Å². The summed E-state index contributed by atoms with van der Waals surface area (Å²) in [5.41, 5.74) is -0.853. The van der Waals surface area contributed by atoms with Crippen molar-refractivity contribution in [3.63, 3.8) is 0 Å². The Morgan fingerprint density at radius 1 is 1.21 bits per heavy atom. The average Bonchev–Trinajstić information content (AvgIpc) is 3.21. The van der Waals surface area contributed by atoms with Crippen molar-refractivity contribution in [1.29, 1.82) is 0 Å². The van der Waals surface area contributed by atoms with Gasteiger partial charge in [-0.3, -0.25) is 0 Å². The minimum absolute atomic E-state index is 0.0257. The van der Waals surface area contributed by atoms with Crippen LogP contribution in [0.1, 0.15) is 25.3 Å². The third-order valence-electron chi connectivity index (χ3n) is 4.19. The minimum Gasteiger partial charge on any atom is -0.479 e. The molecule has 2 atom stereocenters. The number of nitrogens with zero attached hydrogens (tertiary/aromatic N) is 1. The normalized spacial score (nSPS) is 17.6. The second-order valence-electron chi connectivity index (χ2n) is 6.48. The van der Waals surface area contributed by atoms with Crippen LogP contribution in [0.4, 0.5) is 13.2 Å². The number of alkyl halides is 3. The molecule has 1 aromatic carbocycles. The molecule has 1 aliphatic rings. The van der Waals surface area contributed by atoms with Crippen molar-refractivity contribution in [3.05, 3.63) is 48.2 Å². The highest BCUT2D eigenvalue weighted by atomic mass is 19.4. The first kappa shape index (κ1) is 20.9. The number of esters is 1. The van der Waals surface area contributed by atoms with Gasteiger partial charge < -0.3 is 18.9 Å². The highest BCUT2D eigenvalue weighted by Crippen LogP contribution is 2.30. The zero-order valence-corrected chi connectivity index (χ0v) is 15.6. The Morgan fingerprint density at radius 3 is 2.52 bits per heavy atom. The average molecular weight is 411 g/mol. The maximum absolute atomic E-state index is 12.5. The van der Waals surface area contributed by atoms with E-state index < -0.39 is 23.8 Å². The Kier molecular flexibility index (Phi) is 6.58. The number of aromatic nitrogens is 1. The summed E-state index contributed by atoms with van der Waals surface area (Å²) in [5.74, 6) is 0.310. The van der Waals surface area contributed by atoms with Crippen LogP contribution in [-0.4, -0.2) is 36.4 Å². The first-order chi connectivity index (χ1) is 13.8. The number of carbonyl (C=O) groups excluding carboxylic acids is 1. The molecule has 0 amide bonds. The number of rotatable bonds is 7. The molecule has 1 aliphatic heterocycles. The summed E-state index contributed by atoms with van der Waals surface area (Å²) in [4.78, 5) is 15.6. The van der Waals surface area contributed by atoms with Gasteiger partial charge in [0.25, 0.3) is 0 Å². The third-order valence-corrected chi connectivity index (χ3v) is 4.19. The molecule has 0 spiro atoms. The summed E-state index contributed by atoms with van der Waals surface area (Å²) in [6.45, 7) is 2.47. The molecule has 0 aliphatic carbocycles. The van der Waals surface area contributed by atoms with Crippen LogP contribution < -0.4 is 9.47 Å². The van der Waals surface area contributed by atoms with Crippen molar-refractivity contribution >= 4 is 5.97 Å². The van der Waals surface area contributed by atoms with Crippen LogP contribution >= 0.6 is 0 Å². The Hall–Kier alpha value is -2.81. The molecule has 156 valence electrons. The lowest BCUT2D eigenvalue weighted by Crippen LogP contribution is -2.29. The van der Waals surface area contributed by atoms with Gasteiger partial charge in [-0.15, -0.1) is 0 Å². The quantitative estimate of drug-likeness (QED) is 0.630. The fourth-order valence-corrected chi connectivity index (χ4v) is 2.64. The predicted molar refractivity (Wildman–Crippen MR) is 95.8 cm³/mol. The number of benzene rings is 1.